The van der Waals surface area contributed by atoms with Gasteiger partial charge in [-0.3, -0.25) is 14.4 Å². The van der Waals surface area contributed by atoms with Crippen molar-refractivity contribution in [1.82, 2.24) is 0 Å². The van der Waals surface area contributed by atoms with Crippen molar-refractivity contribution in [3.8, 4) is 0 Å². The molecule has 60 heavy (non-hydrogen) atoms. The lowest BCUT2D eigenvalue weighted by atomic mass is 10.0. The van der Waals surface area contributed by atoms with Crippen LogP contribution in [0.3, 0.4) is 0 Å². The third-order valence-electron chi connectivity index (χ3n) is 11.4. The highest BCUT2D eigenvalue weighted by Gasteiger charge is 2.19. The maximum atomic E-state index is 12.8. The van der Waals surface area contributed by atoms with Gasteiger partial charge in [0.15, 0.2) is 6.10 Å². The molecule has 0 amide bonds. The van der Waals surface area contributed by atoms with E-state index in [-0.39, 0.29) is 31.1 Å². The second-order valence-corrected chi connectivity index (χ2v) is 17.4. The Morgan fingerprint density at radius 1 is 0.333 bits per heavy atom. The number of hydrogen-bond acceptors (Lipinski definition) is 6. The number of carbonyl (C=O) groups is 3. The Balaban J connectivity index is 4.39. The number of unbranched alkanes of at least 4 members (excludes halogenated alkanes) is 30. The van der Waals surface area contributed by atoms with Gasteiger partial charge < -0.3 is 14.2 Å². The Labute approximate surface area is 372 Å². The lowest BCUT2D eigenvalue weighted by Crippen LogP contribution is -2.30. The smallest absolute Gasteiger partial charge is 0.306 e. The number of rotatable bonds is 47. The van der Waals surface area contributed by atoms with E-state index >= 15 is 0 Å². The van der Waals surface area contributed by atoms with E-state index in [1.165, 1.54) is 148 Å². The quantitative estimate of drug-likeness (QED) is 0.0263. The minimum atomic E-state index is -0.778. The van der Waals surface area contributed by atoms with E-state index in [4.69, 9.17) is 14.2 Å². The van der Waals surface area contributed by atoms with E-state index in [0.29, 0.717) is 19.3 Å². The summed E-state index contributed by atoms with van der Waals surface area (Å²) in [5, 5.41) is 0. The van der Waals surface area contributed by atoms with Gasteiger partial charge in [0.25, 0.3) is 0 Å². The zero-order chi connectivity index (χ0) is 43.7. The molecule has 0 spiro atoms. The van der Waals surface area contributed by atoms with Crippen molar-refractivity contribution < 1.29 is 28.6 Å². The first-order valence-corrected chi connectivity index (χ1v) is 26.0. The summed E-state index contributed by atoms with van der Waals surface area (Å²) in [7, 11) is 0. The van der Waals surface area contributed by atoms with E-state index in [1.807, 2.05) is 0 Å². The normalized spacial score (nSPS) is 12.2. The molecule has 0 aromatic heterocycles. The predicted molar refractivity (Wildman–Crippen MR) is 256 cm³/mol. The van der Waals surface area contributed by atoms with E-state index in [0.717, 1.165) is 83.5 Å². The number of carbonyl (C=O) groups excluding carboxylic acids is 3. The maximum Gasteiger partial charge on any atom is 0.306 e. The van der Waals surface area contributed by atoms with E-state index in [2.05, 4.69) is 57.2 Å². The first-order valence-electron chi connectivity index (χ1n) is 26.0. The van der Waals surface area contributed by atoms with E-state index in [9.17, 15) is 14.4 Å². The summed E-state index contributed by atoms with van der Waals surface area (Å²) < 4.78 is 16.8. The molecule has 1 atom stereocenters. The topological polar surface area (TPSA) is 78.9 Å². The SMILES string of the molecule is CCCCC/C=C\C/C=C\CCCCCCCC(=O)OC[C@@H](COC(=O)CCCCCCCCCCCCCC)OC(=O)CCCCCCC/C=C\CCCCCCCC. The van der Waals surface area contributed by atoms with E-state index < -0.39 is 6.10 Å². The van der Waals surface area contributed by atoms with Gasteiger partial charge in [0.05, 0.1) is 0 Å². The van der Waals surface area contributed by atoms with Crippen LogP contribution in [-0.2, 0) is 28.6 Å². The Bertz CT molecular complexity index is 1020. The van der Waals surface area contributed by atoms with Crippen LogP contribution in [0.2, 0.25) is 0 Å². The zero-order valence-corrected chi connectivity index (χ0v) is 40.0. The van der Waals surface area contributed by atoms with Crippen LogP contribution < -0.4 is 0 Å². The molecule has 0 saturated carbocycles. The molecular formula is C54H98O6. The molecule has 0 rings (SSSR count). The van der Waals surface area contributed by atoms with Crippen LogP contribution >= 0.6 is 0 Å². The second-order valence-electron chi connectivity index (χ2n) is 17.4. The first kappa shape index (κ1) is 57.6. The van der Waals surface area contributed by atoms with Crippen molar-refractivity contribution in [2.24, 2.45) is 0 Å². The van der Waals surface area contributed by atoms with E-state index in [1.54, 1.807) is 0 Å². The van der Waals surface area contributed by atoms with Crippen LogP contribution in [0, 0.1) is 0 Å². The lowest BCUT2D eigenvalue weighted by Gasteiger charge is -2.18. The maximum absolute atomic E-state index is 12.8. The Morgan fingerprint density at radius 3 is 0.967 bits per heavy atom. The molecule has 0 N–H and O–H groups in total. The molecular weight excluding hydrogens is 745 g/mol. The summed E-state index contributed by atoms with van der Waals surface area (Å²) in [6, 6.07) is 0. The molecule has 0 unspecified atom stereocenters. The van der Waals surface area contributed by atoms with Crippen LogP contribution in [0.5, 0.6) is 0 Å². The average molecular weight is 843 g/mol. The molecule has 6 nitrogen and oxygen atoms in total. The van der Waals surface area contributed by atoms with Gasteiger partial charge in [-0.15, -0.1) is 0 Å². The third kappa shape index (κ3) is 46.7. The highest BCUT2D eigenvalue weighted by molar-refractivity contribution is 5.71. The highest BCUT2D eigenvalue weighted by atomic mass is 16.6. The number of esters is 3. The van der Waals surface area contributed by atoms with Crippen molar-refractivity contribution in [3.63, 3.8) is 0 Å². The van der Waals surface area contributed by atoms with Gasteiger partial charge in [-0.25, -0.2) is 0 Å². The molecule has 0 aromatic carbocycles. The summed E-state index contributed by atoms with van der Waals surface area (Å²) >= 11 is 0. The summed E-state index contributed by atoms with van der Waals surface area (Å²) in [6.07, 6.45) is 56.9. The van der Waals surface area contributed by atoms with Crippen LogP contribution in [0.4, 0.5) is 0 Å². The van der Waals surface area contributed by atoms with Gasteiger partial charge in [0.1, 0.15) is 13.2 Å². The molecule has 0 aliphatic heterocycles. The number of hydrogen-bond donors (Lipinski definition) is 0. The molecule has 0 saturated heterocycles. The van der Waals surface area contributed by atoms with Gasteiger partial charge in [-0.05, 0) is 77.0 Å². The van der Waals surface area contributed by atoms with Crippen molar-refractivity contribution in [1.29, 1.82) is 0 Å². The van der Waals surface area contributed by atoms with Gasteiger partial charge in [-0.1, -0.05) is 211 Å². The fraction of sp³-hybridized carbons (Fsp3) is 0.833. The fourth-order valence-corrected chi connectivity index (χ4v) is 7.41. The summed E-state index contributed by atoms with van der Waals surface area (Å²) in [5.41, 5.74) is 0. The molecule has 0 fully saturated rings. The fourth-order valence-electron chi connectivity index (χ4n) is 7.41. The Morgan fingerprint density at radius 2 is 0.600 bits per heavy atom. The zero-order valence-electron chi connectivity index (χ0n) is 40.0. The molecule has 0 aliphatic carbocycles. The Kier molecular flexibility index (Phi) is 47.3. The minimum absolute atomic E-state index is 0.0772. The summed E-state index contributed by atoms with van der Waals surface area (Å²) in [6.45, 7) is 6.60. The molecule has 0 heterocycles. The van der Waals surface area contributed by atoms with Crippen LogP contribution in [-0.4, -0.2) is 37.2 Å². The van der Waals surface area contributed by atoms with Crippen LogP contribution in [0.15, 0.2) is 36.5 Å². The van der Waals surface area contributed by atoms with Crippen LogP contribution in [0.25, 0.3) is 0 Å². The third-order valence-corrected chi connectivity index (χ3v) is 11.4. The van der Waals surface area contributed by atoms with Gasteiger partial charge in [0, 0.05) is 19.3 Å². The number of ether oxygens (including phenoxy) is 3. The summed E-state index contributed by atoms with van der Waals surface area (Å²) in [4.78, 5) is 37.9. The first-order chi connectivity index (χ1) is 29.5. The largest absolute Gasteiger partial charge is 0.462 e. The van der Waals surface area contributed by atoms with Crippen molar-refractivity contribution in [3.05, 3.63) is 36.5 Å². The minimum Gasteiger partial charge on any atom is -0.462 e. The molecule has 0 aliphatic rings. The standard InChI is InChI=1S/C54H98O6/c1-4-7-10-13-16-19-22-25-27-29-32-35-38-41-44-47-53(56)59-50-51(49-58-52(55)46-43-40-37-34-31-24-21-18-15-12-9-6-3)60-54(57)48-45-42-39-36-33-30-28-26-23-20-17-14-11-8-5-2/h16,19,25-28,51H,4-15,17-18,20-24,29-50H2,1-3H3/b19-16-,27-25-,28-26-/t51-/m1/s1. The van der Waals surface area contributed by atoms with Gasteiger partial charge >= 0.3 is 17.9 Å². The molecule has 0 radical (unpaired) electrons. The Hall–Kier alpha value is -2.37. The molecule has 0 aromatic rings. The van der Waals surface area contributed by atoms with Crippen LogP contribution in [0.1, 0.15) is 271 Å². The average Bonchev–Trinajstić information content (AvgIpc) is 3.24. The molecule has 0 bridgehead atoms. The van der Waals surface area contributed by atoms with Gasteiger partial charge in [-0.2, -0.15) is 0 Å². The number of allylic oxidation sites excluding steroid dienone is 6. The van der Waals surface area contributed by atoms with Gasteiger partial charge in [0.2, 0.25) is 0 Å². The molecule has 350 valence electrons. The van der Waals surface area contributed by atoms with Crippen molar-refractivity contribution >= 4 is 17.9 Å². The summed E-state index contributed by atoms with van der Waals surface area (Å²) in [5.74, 6) is -0.891. The highest BCUT2D eigenvalue weighted by Crippen LogP contribution is 2.15. The lowest BCUT2D eigenvalue weighted by molar-refractivity contribution is -0.167. The van der Waals surface area contributed by atoms with Crippen molar-refractivity contribution in [2.45, 2.75) is 277 Å². The second kappa shape index (κ2) is 49.3. The van der Waals surface area contributed by atoms with Crippen molar-refractivity contribution in [2.75, 3.05) is 13.2 Å². The predicted octanol–water partition coefficient (Wildman–Crippen LogP) is 16.9. The molecule has 6 heteroatoms. The monoisotopic (exact) mass is 843 g/mol.